The maximum atomic E-state index is 9.90. The van der Waals surface area contributed by atoms with Gasteiger partial charge in [0.15, 0.2) is 0 Å². The van der Waals surface area contributed by atoms with E-state index >= 15 is 0 Å². The van der Waals surface area contributed by atoms with Crippen LogP contribution in [-0.4, -0.2) is 17.5 Å². The Labute approximate surface area is 67.9 Å². The van der Waals surface area contributed by atoms with Crippen molar-refractivity contribution in [2.45, 2.75) is 38.7 Å². The van der Waals surface area contributed by atoms with Gasteiger partial charge in [0, 0.05) is 6.42 Å². The number of hydrogen-bond acceptors (Lipinski definition) is 2. The van der Waals surface area contributed by atoms with Crippen LogP contribution in [0.3, 0.4) is 0 Å². The molecule has 0 saturated carbocycles. The third-order valence-electron chi connectivity index (χ3n) is 1.39. The van der Waals surface area contributed by atoms with Gasteiger partial charge in [-0.2, -0.15) is 0 Å². The Kier molecular flexibility index (Phi) is 7.05. The standard InChI is InChI=1S/C9H16O2/c1-2-3-4-6-9(11)7-5-8-10/h4,6,8-9,11H,2-3,5,7H2,1H3. The molecule has 0 aromatic heterocycles. The summed E-state index contributed by atoms with van der Waals surface area (Å²) < 4.78 is 0. The predicted molar refractivity (Wildman–Crippen MR) is 45.4 cm³/mol. The molecule has 0 aliphatic rings. The highest BCUT2D eigenvalue weighted by Crippen LogP contribution is 1.98. The molecule has 64 valence electrons. The van der Waals surface area contributed by atoms with Crippen LogP contribution in [-0.2, 0) is 4.79 Å². The molecule has 0 aromatic rings. The van der Waals surface area contributed by atoms with E-state index in [2.05, 4.69) is 6.92 Å². The van der Waals surface area contributed by atoms with Crippen LogP contribution in [0.5, 0.6) is 0 Å². The molecule has 0 spiro atoms. The molecule has 2 heteroatoms. The smallest absolute Gasteiger partial charge is 0.120 e. The van der Waals surface area contributed by atoms with E-state index in [1.807, 2.05) is 6.08 Å². The fourth-order valence-corrected chi connectivity index (χ4v) is 0.755. The molecule has 0 amide bonds. The lowest BCUT2D eigenvalue weighted by Crippen LogP contribution is -2.01. The van der Waals surface area contributed by atoms with E-state index in [1.54, 1.807) is 6.08 Å². The SMILES string of the molecule is CCCC=CC(O)CCC=O. The van der Waals surface area contributed by atoms with Gasteiger partial charge in [-0.3, -0.25) is 0 Å². The van der Waals surface area contributed by atoms with Gasteiger partial charge in [0.25, 0.3) is 0 Å². The molecular weight excluding hydrogens is 140 g/mol. The van der Waals surface area contributed by atoms with Gasteiger partial charge < -0.3 is 9.90 Å². The summed E-state index contributed by atoms with van der Waals surface area (Å²) >= 11 is 0. The number of aliphatic hydroxyl groups is 1. The molecule has 0 radical (unpaired) electrons. The van der Waals surface area contributed by atoms with E-state index in [1.165, 1.54) is 0 Å². The number of aliphatic hydroxyl groups excluding tert-OH is 1. The number of allylic oxidation sites excluding steroid dienone is 1. The molecule has 0 aromatic carbocycles. The first-order chi connectivity index (χ1) is 5.31. The third-order valence-corrected chi connectivity index (χ3v) is 1.39. The third kappa shape index (κ3) is 7.26. The van der Waals surface area contributed by atoms with Crippen LogP contribution in [0.25, 0.3) is 0 Å². The van der Waals surface area contributed by atoms with Crippen molar-refractivity contribution in [1.29, 1.82) is 0 Å². The highest BCUT2D eigenvalue weighted by molar-refractivity contribution is 5.49. The van der Waals surface area contributed by atoms with Crippen molar-refractivity contribution in [3.63, 3.8) is 0 Å². The molecule has 0 aliphatic carbocycles. The number of rotatable bonds is 6. The molecule has 0 saturated heterocycles. The molecule has 2 nitrogen and oxygen atoms in total. The van der Waals surface area contributed by atoms with E-state index in [0.717, 1.165) is 19.1 Å². The number of carbonyl (C=O) groups excluding carboxylic acids is 1. The molecule has 11 heavy (non-hydrogen) atoms. The van der Waals surface area contributed by atoms with Crippen LogP contribution in [0.1, 0.15) is 32.6 Å². The topological polar surface area (TPSA) is 37.3 Å². The Morgan fingerprint density at radius 3 is 2.73 bits per heavy atom. The summed E-state index contributed by atoms with van der Waals surface area (Å²) in [6.07, 6.45) is 7.18. The average Bonchev–Trinajstić information content (AvgIpc) is 2.01. The molecule has 0 heterocycles. The van der Waals surface area contributed by atoms with Crippen LogP contribution < -0.4 is 0 Å². The zero-order chi connectivity index (χ0) is 8.53. The average molecular weight is 156 g/mol. The zero-order valence-corrected chi connectivity index (χ0v) is 6.99. The normalized spacial score (nSPS) is 13.6. The summed E-state index contributed by atoms with van der Waals surface area (Å²) in [4.78, 5) is 9.90. The largest absolute Gasteiger partial charge is 0.389 e. The summed E-state index contributed by atoms with van der Waals surface area (Å²) in [7, 11) is 0. The Hall–Kier alpha value is -0.630. The quantitative estimate of drug-likeness (QED) is 0.469. The summed E-state index contributed by atoms with van der Waals surface area (Å²) in [6.45, 7) is 2.09. The van der Waals surface area contributed by atoms with Crippen molar-refractivity contribution in [3.05, 3.63) is 12.2 Å². The van der Waals surface area contributed by atoms with Crippen molar-refractivity contribution in [2.75, 3.05) is 0 Å². The highest BCUT2D eigenvalue weighted by Gasteiger charge is 1.95. The maximum absolute atomic E-state index is 9.90. The van der Waals surface area contributed by atoms with Gasteiger partial charge in [0.05, 0.1) is 6.10 Å². The minimum absolute atomic E-state index is 0.438. The molecule has 1 N–H and O–H groups in total. The Morgan fingerprint density at radius 2 is 2.18 bits per heavy atom. The summed E-state index contributed by atoms with van der Waals surface area (Å²) in [5, 5.41) is 9.16. The predicted octanol–water partition coefficient (Wildman–Crippen LogP) is 1.68. The molecule has 1 unspecified atom stereocenters. The van der Waals surface area contributed by atoms with E-state index in [0.29, 0.717) is 12.8 Å². The van der Waals surface area contributed by atoms with E-state index in [-0.39, 0.29) is 0 Å². The van der Waals surface area contributed by atoms with Gasteiger partial charge in [-0.05, 0) is 12.8 Å². The van der Waals surface area contributed by atoms with Gasteiger partial charge >= 0.3 is 0 Å². The summed E-state index contributed by atoms with van der Waals surface area (Å²) in [5.74, 6) is 0. The first kappa shape index (κ1) is 10.4. The van der Waals surface area contributed by atoms with Crippen LogP contribution in [0.15, 0.2) is 12.2 Å². The minimum atomic E-state index is -0.438. The second-order valence-electron chi connectivity index (χ2n) is 2.53. The molecular formula is C9H16O2. The molecule has 0 aliphatic heterocycles. The summed E-state index contributed by atoms with van der Waals surface area (Å²) in [5.41, 5.74) is 0. The van der Waals surface area contributed by atoms with Crippen molar-refractivity contribution in [2.24, 2.45) is 0 Å². The van der Waals surface area contributed by atoms with Gasteiger partial charge in [-0.1, -0.05) is 25.5 Å². The number of carbonyl (C=O) groups is 1. The van der Waals surface area contributed by atoms with Crippen LogP contribution >= 0.6 is 0 Å². The first-order valence-corrected chi connectivity index (χ1v) is 4.09. The van der Waals surface area contributed by atoms with E-state index in [4.69, 9.17) is 5.11 Å². The van der Waals surface area contributed by atoms with Gasteiger partial charge in [-0.15, -0.1) is 0 Å². The van der Waals surface area contributed by atoms with Crippen molar-refractivity contribution in [3.8, 4) is 0 Å². The van der Waals surface area contributed by atoms with Gasteiger partial charge in [0.1, 0.15) is 6.29 Å². The second-order valence-corrected chi connectivity index (χ2v) is 2.53. The molecule has 0 fully saturated rings. The lowest BCUT2D eigenvalue weighted by molar-refractivity contribution is -0.108. The Balaban J connectivity index is 3.33. The Bertz CT molecular complexity index is 119. The van der Waals surface area contributed by atoms with Gasteiger partial charge in [-0.25, -0.2) is 0 Å². The van der Waals surface area contributed by atoms with Crippen molar-refractivity contribution in [1.82, 2.24) is 0 Å². The monoisotopic (exact) mass is 156 g/mol. The zero-order valence-electron chi connectivity index (χ0n) is 6.99. The number of aldehydes is 1. The lowest BCUT2D eigenvalue weighted by atomic mass is 10.2. The van der Waals surface area contributed by atoms with E-state index in [9.17, 15) is 4.79 Å². The molecule has 0 rings (SSSR count). The van der Waals surface area contributed by atoms with Crippen molar-refractivity contribution >= 4 is 6.29 Å². The lowest BCUT2D eigenvalue weighted by Gasteiger charge is -2.00. The second kappa shape index (κ2) is 7.48. The summed E-state index contributed by atoms with van der Waals surface area (Å²) in [6, 6.07) is 0. The Morgan fingerprint density at radius 1 is 1.45 bits per heavy atom. The van der Waals surface area contributed by atoms with Crippen LogP contribution in [0.2, 0.25) is 0 Å². The maximum Gasteiger partial charge on any atom is 0.120 e. The van der Waals surface area contributed by atoms with E-state index < -0.39 is 6.10 Å². The van der Waals surface area contributed by atoms with Gasteiger partial charge in [0.2, 0.25) is 0 Å². The number of unbranched alkanes of at least 4 members (excludes halogenated alkanes) is 1. The number of hydrogen-bond donors (Lipinski definition) is 1. The highest BCUT2D eigenvalue weighted by atomic mass is 16.3. The van der Waals surface area contributed by atoms with Crippen molar-refractivity contribution < 1.29 is 9.90 Å². The first-order valence-electron chi connectivity index (χ1n) is 4.09. The fourth-order valence-electron chi connectivity index (χ4n) is 0.755. The molecule has 1 atom stereocenters. The van der Waals surface area contributed by atoms with Crippen LogP contribution in [0.4, 0.5) is 0 Å². The minimum Gasteiger partial charge on any atom is -0.389 e. The molecule has 0 bridgehead atoms. The fraction of sp³-hybridized carbons (Fsp3) is 0.667. The van der Waals surface area contributed by atoms with Crippen LogP contribution in [0, 0.1) is 0 Å².